The maximum absolute atomic E-state index is 13.5. The van der Waals surface area contributed by atoms with Crippen LogP contribution in [0, 0.1) is 5.82 Å². The van der Waals surface area contributed by atoms with Gasteiger partial charge < -0.3 is 14.1 Å². The molecule has 3 nitrogen and oxygen atoms in total. The molecule has 0 spiro atoms. The SMILES string of the molecule is COc1ccc(F)cc1-c1cc(O[Si](C)(C)C(C)(C)C)c[nH]1. The van der Waals surface area contributed by atoms with Crippen molar-refractivity contribution >= 4 is 8.32 Å². The molecule has 0 saturated carbocycles. The molecule has 1 aromatic carbocycles. The zero-order valence-electron chi connectivity index (χ0n) is 14.1. The first-order chi connectivity index (χ1) is 10.1. The Balaban J connectivity index is 2.31. The Kier molecular flexibility index (Phi) is 4.38. The maximum atomic E-state index is 13.5. The summed E-state index contributed by atoms with van der Waals surface area (Å²) in [6, 6.07) is 6.37. The highest BCUT2D eigenvalue weighted by molar-refractivity contribution is 6.74. The normalized spacial score (nSPS) is 12.3. The summed E-state index contributed by atoms with van der Waals surface area (Å²) < 4.78 is 25.1. The lowest BCUT2D eigenvalue weighted by Crippen LogP contribution is -2.43. The molecule has 5 heteroatoms. The number of hydrogen-bond donors (Lipinski definition) is 1. The number of halogens is 1. The number of hydrogen-bond acceptors (Lipinski definition) is 2. The molecule has 2 rings (SSSR count). The van der Waals surface area contributed by atoms with Crippen LogP contribution in [0.3, 0.4) is 0 Å². The summed E-state index contributed by atoms with van der Waals surface area (Å²) in [7, 11) is -0.315. The smallest absolute Gasteiger partial charge is 0.250 e. The van der Waals surface area contributed by atoms with Gasteiger partial charge in [-0.15, -0.1) is 0 Å². The third-order valence-corrected chi connectivity index (χ3v) is 8.65. The lowest BCUT2D eigenvalue weighted by Gasteiger charge is -2.36. The third-order valence-electron chi connectivity index (χ3n) is 4.29. The molecule has 1 heterocycles. The van der Waals surface area contributed by atoms with Crippen LogP contribution in [0.25, 0.3) is 11.3 Å². The highest BCUT2D eigenvalue weighted by atomic mass is 28.4. The minimum absolute atomic E-state index is 0.126. The molecule has 0 unspecified atom stereocenters. The van der Waals surface area contributed by atoms with E-state index in [-0.39, 0.29) is 10.9 Å². The van der Waals surface area contributed by atoms with E-state index in [4.69, 9.17) is 9.16 Å². The molecule has 1 aromatic heterocycles. The van der Waals surface area contributed by atoms with E-state index in [1.165, 1.54) is 12.1 Å². The Morgan fingerprint density at radius 2 is 1.82 bits per heavy atom. The average molecular weight is 321 g/mol. The zero-order chi connectivity index (χ0) is 16.5. The summed E-state index contributed by atoms with van der Waals surface area (Å²) in [5.74, 6) is 1.12. The van der Waals surface area contributed by atoms with Gasteiger partial charge in [-0.3, -0.25) is 0 Å². The second-order valence-electron chi connectivity index (χ2n) is 6.96. The van der Waals surface area contributed by atoms with Gasteiger partial charge in [0.2, 0.25) is 0 Å². The topological polar surface area (TPSA) is 34.2 Å². The van der Waals surface area contributed by atoms with E-state index < -0.39 is 8.32 Å². The van der Waals surface area contributed by atoms with Crippen molar-refractivity contribution in [3.05, 3.63) is 36.3 Å². The summed E-state index contributed by atoms with van der Waals surface area (Å²) in [5, 5.41) is 0.126. The summed E-state index contributed by atoms with van der Waals surface area (Å²) in [6.07, 6.45) is 1.82. The number of H-pyrrole nitrogens is 1. The predicted molar refractivity (Wildman–Crippen MR) is 90.6 cm³/mol. The Morgan fingerprint density at radius 3 is 2.41 bits per heavy atom. The first-order valence-corrected chi connectivity index (χ1v) is 10.3. The summed E-state index contributed by atoms with van der Waals surface area (Å²) in [6.45, 7) is 11.0. The van der Waals surface area contributed by atoms with Crippen molar-refractivity contribution in [2.45, 2.75) is 38.9 Å². The average Bonchev–Trinajstić information content (AvgIpc) is 2.85. The second kappa shape index (κ2) is 5.80. The molecule has 0 aliphatic rings. The van der Waals surface area contributed by atoms with Gasteiger partial charge in [0.1, 0.15) is 17.3 Å². The zero-order valence-corrected chi connectivity index (χ0v) is 15.1. The molecule has 0 fully saturated rings. The second-order valence-corrected chi connectivity index (χ2v) is 11.7. The van der Waals surface area contributed by atoms with Crippen LogP contribution in [0.2, 0.25) is 18.1 Å². The van der Waals surface area contributed by atoms with Crippen molar-refractivity contribution in [3.8, 4) is 22.8 Å². The standard InChI is InChI=1S/C17H24FNO2Si/c1-17(2,3)22(5,6)21-13-10-15(19-11-13)14-9-12(18)7-8-16(14)20-4/h7-11,19H,1-6H3. The van der Waals surface area contributed by atoms with E-state index >= 15 is 0 Å². The molecule has 0 bridgehead atoms. The molecule has 0 atom stereocenters. The summed E-state index contributed by atoms with van der Waals surface area (Å²) >= 11 is 0. The Labute approximate surface area is 132 Å². The van der Waals surface area contributed by atoms with Crippen LogP contribution in [-0.4, -0.2) is 20.4 Å². The lowest BCUT2D eigenvalue weighted by atomic mass is 10.1. The molecule has 0 radical (unpaired) electrons. The minimum Gasteiger partial charge on any atom is -0.542 e. The largest absolute Gasteiger partial charge is 0.542 e. The van der Waals surface area contributed by atoms with Gasteiger partial charge in [0.25, 0.3) is 8.32 Å². The van der Waals surface area contributed by atoms with Gasteiger partial charge in [-0.25, -0.2) is 4.39 Å². The molecule has 0 aliphatic heterocycles. The van der Waals surface area contributed by atoms with Crippen molar-refractivity contribution in [3.63, 3.8) is 0 Å². The monoisotopic (exact) mass is 321 g/mol. The fourth-order valence-corrected chi connectivity index (χ4v) is 2.94. The molecular formula is C17H24FNO2Si. The van der Waals surface area contributed by atoms with Crippen molar-refractivity contribution < 1.29 is 13.6 Å². The first kappa shape index (κ1) is 16.6. The fourth-order valence-electron chi connectivity index (χ4n) is 1.93. The van der Waals surface area contributed by atoms with E-state index in [1.807, 2.05) is 12.3 Å². The Morgan fingerprint density at radius 1 is 1.14 bits per heavy atom. The molecule has 120 valence electrons. The summed E-state index contributed by atoms with van der Waals surface area (Å²) in [5.41, 5.74) is 1.47. The number of ether oxygens (including phenoxy) is 1. The minimum atomic E-state index is -1.89. The van der Waals surface area contributed by atoms with E-state index in [9.17, 15) is 4.39 Å². The van der Waals surface area contributed by atoms with E-state index in [0.29, 0.717) is 11.3 Å². The van der Waals surface area contributed by atoms with Crippen LogP contribution in [0.5, 0.6) is 11.5 Å². The van der Waals surface area contributed by atoms with Crippen molar-refractivity contribution in [1.82, 2.24) is 4.98 Å². The van der Waals surface area contributed by atoms with Gasteiger partial charge in [0.15, 0.2) is 0 Å². The molecule has 0 aliphatic carbocycles. The Hall–Kier alpha value is -1.75. The molecular weight excluding hydrogens is 297 g/mol. The molecule has 1 N–H and O–H groups in total. The lowest BCUT2D eigenvalue weighted by molar-refractivity contribution is 0.415. The van der Waals surface area contributed by atoms with Crippen LogP contribution in [-0.2, 0) is 0 Å². The van der Waals surface area contributed by atoms with Crippen LogP contribution in [0.1, 0.15) is 20.8 Å². The number of methoxy groups -OCH3 is 1. The van der Waals surface area contributed by atoms with E-state index in [2.05, 4.69) is 38.8 Å². The van der Waals surface area contributed by atoms with Gasteiger partial charge in [0, 0.05) is 17.8 Å². The highest BCUT2D eigenvalue weighted by Crippen LogP contribution is 2.39. The van der Waals surface area contributed by atoms with Crippen molar-refractivity contribution in [1.29, 1.82) is 0 Å². The van der Waals surface area contributed by atoms with E-state index in [1.54, 1.807) is 13.2 Å². The number of nitrogens with one attached hydrogen (secondary N) is 1. The van der Waals surface area contributed by atoms with Crippen LogP contribution >= 0.6 is 0 Å². The van der Waals surface area contributed by atoms with Gasteiger partial charge in [0.05, 0.1) is 12.8 Å². The van der Waals surface area contributed by atoms with Gasteiger partial charge in [-0.1, -0.05) is 20.8 Å². The fraction of sp³-hybridized carbons (Fsp3) is 0.412. The quantitative estimate of drug-likeness (QED) is 0.784. The maximum Gasteiger partial charge on any atom is 0.250 e. The van der Waals surface area contributed by atoms with Crippen molar-refractivity contribution in [2.75, 3.05) is 7.11 Å². The molecule has 0 saturated heterocycles. The predicted octanol–water partition coefficient (Wildman–Crippen LogP) is 5.21. The van der Waals surface area contributed by atoms with Crippen LogP contribution in [0.15, 0.2) is 30.5 Å². The summed E-state index contributed by atoms with van der Waals surface area (Å²) in [4.78, 5) is 3.15. The molecule has 0 amide bonds. The molecule has 22 heavy (non-hydrogen) atoms. The number of aromatic amines is 1. The van der Waals surface area contributed by atoms with Crippen molar-refractivity contribution in [2.24, 2.45) is 0 Å². The van der Waals surface area contributed by atoms with Crippen LogP contribution in [0.4, 0.5) is 4.39 Å². The van der Waals surface area contributed by atoms with Gasteiger partial charge in [-0.05, 0) is 36.3 Å². The van der Waals surface area contributed by atoms with Gasteiger partial charge in [-0.2, -0.15) is 0 Å². The highest BCUT2D eigenvalue weighted by Gasteiger charge is 2.39. The van der Waals surface area contributed by atoms with E-state index in [0.717, 1.165) is 11.4 Å². The third kappa shape index (κ3) is 3.35. The number of aromatic nitrogens is 1. The molecule has 2 aromatic rings. The first-order valence-electron chi connectivity index (χ1n) is 7.35. The Bertz CT molecular complexity index is 659. The number of rotatable bonds is 4. The van der Waals surface area contributed by atoms with Gasteiger partial charge >= 0.3 is 0 Å². The van der Waals surface area contributed by atoms with Crippen LogP contribution < -0.4 is 9.16 Å². The number of benzene rings is 1.